The Bertz CT molecular complexity index is 1250. The van der Waals surface area contributed by atoms with Crippen molar-refractivity contribution < 1.29 is 28.3 Å². The van der Waals surface area contributed by atoms with Gasteiger partial charge in [0.15, 0.2) is 0 Å². The van der Waals surface area contributed by atoms with Gasteiger partial charge < -0.3 is 24.7 Å². The zero-order chi connectivity index (χ0) is 23.5. The van der Waals surface area contributed by atoms with Gasteiger partial charge in [0.05, 0.1) is 7.11 Å². The van der Waals surface area contributed by atoms with Crippen LogP contribution in [0.2, 0.25) is 0 Å². The molecule has 11 heteroatoms. The monoisotopic (exact) mass is 451 g/mol. The number of imide groups is 1. The van der Waals surface area contributed by atoms with Crippen LogP contribution in [0.1, 0.15) is 34.6 Å². The van der Waals surface area contributed by atoms with Crippen molar-refractivity contribution in [2.24, 2.45) is 0 Å². The zero-order valence-corrected chi connectivity index (χ0v) is 17.9. The molecule has 0 radical (unpaired) electrons. The molecular weight excluding hydrogens is 430 g/mol. The number of nitrogens with zero attached hydrogens (tertiary/aromatic N) is 2. The number of carbonyl (C=O) groups is 4. The van der Waals surface area contributed by atoms with E-state index in [-0.39, 0.29) is 30.5 Å². The van der Waals surface area contributed by atoms with Gasteiger partial charge in [0.25, 0.3) is 5.91 Å². The SMILES string of the molecule is COc1ccc2c(c1)C(=O)N(C[C@H](NC(=O)NC=O)c1cc3ccc(NC(C)=O)nc3o1)C2. The number of hydrogen-bond acceptors (Lipinski definition) is 7. The van der Waals surface area contributed by atoms with E-state index >= 15 is 0 Å². The molecule has 0 aliphatic carbocycles. The molecule has 0 saturated carbocycles. The Morgan fingerprint density at radius 3 is 2.82 bits per heavy atom. The number of rotatable bonds is 7. The van der Waals surface area contributed by atoms with E-state index in [1.165, 1.54) is 14.0 Å². The molecule has 3 N–H and O–H groups in total. The minimum atomic E-state index is -0.775. The predicted octanol–water partition coefficient (Wildman–Crippen LogP) is 1.95. The van der Waals surface area contributed by atoms with Gasteiger partial charge in [-0.2, -0.15) is 4.98 Å². The summed E-state index contributed by atoms with van der Waals surface area (Å²) in [4.78, 5) is 52.9. The third-order valence-corrected chi connectivity index (χ3v) is 5.14. The molecule has 0 saturated heterocycles. The number of pyridine rings is 1. The van der Waals surface area contributed by atoms with Gasteiger partial charge >= 0.3 is 6.03 Å². The molecule has 33 heavy (non-hydrogen) atoms. The molecular formula is C22H21N5O6. The first-order valence-corrected chi connectivity index (χ1v) is 10.0. The summed E-state index contributed by atoms with van der Waals surface area (Å²) in [7, 11) is 1.53. The number of ether oxygens (including phenoxy) is 1. The molecule has 4 rings (SSSR count). The first-order chi connectivity index (χ1) is 15.9. The van der Waals surface area contributed by atoms with E-state index in [1.807, 2.05) is 11.4 Å². The number of benzene rings is 1. The van der Waals surface area contributed by atoms with Crippen molar-refractivity contribution in [1.29, 1.82) is 0 Å². The highest BCUT2D eigenvalue weighted by molar-refractivity contribution is 5.99. The summed E-state index contributed by atoms with van der Waals surface area (Å²) in [5.41, 5.74) is 1.61. The molecule has 3 aromatic rings. The number of amides is 5. The third kappa shape index (κ3) is 4.61. The van der Waals surface area contributed by atoms with Gasteiger partial charge in [-0.3, -0.25) is 19.7 Å². The quantitative estimate of drug-likeness (QED) is 0.466. The average molecular weight is 451 g/mol. The molecule has 1 aliphatic rings. The largest absolute Gasteiger partial charge is 0.497 e. The van der Waals surface area contributed by atoms with Crippen molar-refractivity contribution in [2.45, 2.75) is 19.5 Å². The van der Waals surface area contributed by atoms with Gasteiger partial charge in [0.1, 0.15) is 23.4 Å². The van der Waals surface area contributed by atoms with Crippen LogP contribution in [0.15, 0.2) is 40.8 Å². The highest BCUT2D eigenvalue weighted by Crippen LogP contribution is 2.30. The molecule has 1 aromatic carbocycles. The Morgan fingerprint density at radius 2 is 2.09 bits per heavy atom. The lowest BCUT2D eigenvalue weighted by Crippen LogP contribution is -2.42. The molecule has 2 aromatic heterocycles. The highest BCUT2D eigenvalue weighted by atomic mass is 16.5. The van der Waals surface area contributed by atoms with Crippen LogP contribution >= 0.6 is 0 Å². The first-order valence-electron chi connectivity index (χ1n) is 10.0. The third-order valence-electron chi connectivity index (χ3n) is 5.14. The molecule has 0 spiro atoms. The van der Waals surface area contributed by atoms with Gasteiger partial charge in [-0.05, 0) is 35.9 Å². The van der Waals surface area contributed by atoms with E-state index in [9.17, 15) is 19.2 Å². The number of carbonyl (C=O) groups excluding carboxylic acids is 4. The second-order valence-electron chi connectivity index (χ2n) is 7.42. The number of nitrogens with one attached hydrogen (secondary N) is 3. The summed E-state index contributed by atoms with van der Waals surface area (Å²) in [6, 6.07) is 8.78. The van der Waals surface area contributed by atoms with Crippen molar-refractivity contribution in [2.75, 3.05) is 19.0 Å². The van der Waals surface area contributed by atoms with Gasteiger partial charge in [-0.25, -0.2) is 4.79 Å². The van der Waals surface area contributed by atoms with Crippen molar-refractivity contribution in [3.8, 4) is 5.75 Å². The van der Waals surface area contributed by atoms with E-state index in [0.717, 1.165) is 5.56 Å². The zero-order valence-electron chi connectivity index (χ0n) is 17.9. The van der Waals surface area contributed by atoms with Gasteiger partial charge in [-0.15, -0.1) is 0 Å². The Morgan fingerprint density at radius 1 is 1.27 bits per heavy atom. The molecule has 0 fully saturated rings. The molecule has 1 atom stereocenters. The normalized spacial score (nSPS) is 13.4. The Balaban J connectivity index is 1.61. The molecule has 170 valence electrons. The van der Waals surface area contributed by atoms with Crippen LogP contribution in [-0.2, 0) is 16.1 Å². The van der Waals surface area contributed by atoms with Crippen LogP contribution in [0.25, 0.3) is 11.1 Å². The Labute approximate surface area is 188 Å². The van der Waals surface area contributed by atoms with Crippen LogP contribution in [0.3, 0.4) is 0 Å². The maximum absolute atomic E-state index is 13.0. The van der Waals surface area contributed by atoms with Gasteiger partial charge in [0, 0.05) is 31.0 Å². The van der Waals surface area contributed by atoms with E-state index in [1.54, 1.807) is 35.2 Å². The number of furan rings is 1. The minimum Gasteiger partial charge on any atom is -0.497 e. The standard InChI is InChI=1S/C22H21N5O6/c1-12(29)24-19-6-4-13-7-18(33-20(13)26-19)17(25-22(31)23-11-28)10-27-9-14-3-5-15(32-2)8-16(14)21(27)30/h3-8,11,17H,9-10H2,1-2H3,(H,24,26,29)(H2,23,25,28,31)/t17-/m0/s1. The van der Waals surface area contributed by atoms with Crippen molar-refractivity contribution in [3.63, 3.8) is 0 Å². The molecule has 0 bridgehead atoms. The van der Waals surface area contributed by atoms with Crippen LogP contribution in [0.4, 0.5) is 10.6 Å². The summed E-state index contributed by atoms with van der Waals surface area (Å²) < 4.78 is 11.0. The topological polar surface area (TPSA) is 143 Å². The van der Waals surface area contributed by atoms with Gasteiger partial charge in [-0.1, -0.05) is 6.07 Å². The minimum absolute atomic E-state index is 0.0838. The fourth-order valence-corrected chi connectivity index (χ4v) is 3.65. The summed E-state index contributed by atoms with van der Waals surface area (Å²) >= 11 is 0. The summed E-state index contributed by atoms with van der Waals surface area (Å²) in [5.74, 6) is 0.733. The Kier molecular flexibility index (Phi) is 5.94. The van der Waals surface area contributed by atoms with E-state index < -0.39 is 12.1 Å². The number of urea groups is 1. The average Bonchev–Trinajstić information content (AvgIpc) is 3.33. The maximum Gasteiger partial charge on any atom is 0.321 e. The van der Waals surface area contributed by atoms with E-state index in [0.29, 0.717) is 34.8 Å². The highest BCUT2D eigenvalue weighted by Gasteiger charge is 2.32. The number of hydrogen-bond donors (Lipinski definition) is 3. The molecule has 3 heterocycles. The van der Waals surface area contributed by atoms with Crippen LogP contribution < -0.4 is 20.7 Å². The second-order valence-corrected chi connectivity index (χ2v) is 7.42. The lowest BCUT2D eigenvalue weighted by molar-refractivity contribution is -0.114. The fourth-order valence-electron chi connectivity index (χ4n) is 3.65. The van der Waals surface area contributed by atoms with E-state index in [4.69, 9.17) is 9.15 Å². The van der Waals surface area contributed by atoms with Crippen LogP contribution in [-0.4, -0.2) is 47.8 Å². The Hall–Kier alpha value is -4.41. The number of anilines is 1. The lowest BCUT2D eigenvalue weighted by atomic mass is 10.1. The molecule has 11 nitrogen and oxygen atoms in total. The summed E-state index contributed by atoms with van der Waals surface area (Å²) in [6.07, 6.45) is 0.259. The van der Waals surface area contributed by atoms with Crippen molar-refractivity contribution in [1.82, 2.24) is 20.5 Å². The predicted molar refractivity (Wildman–Crippen MR) is 117 cm³/mol. The summed E-state index contributed by atoms with van der Waals surface area (Å²) in [6.45, 7) is 1.79. The van der Waals surface area contributed by atoms with Crippen LogP contribution in [0.5, 0.6) is 5.75 Å². The number of methoxy groups -OCH3 is 1. The van der Waals surface area contributed by atoms with E-state index in [2.05, 4.69) is 15.6 Å². The molecule has 5 amide bonds. The van der Waals surface area contributed by atoms with Crippen LogP contribution in [0, 0.1) is 0 Å². The second kappa shape index (κ2) is 8.99. The smallest absolute Gasteiger partial charge is 0.321 e. The molecule has 0 unspecified atom stereocenters. The fraction of sp³-hybridized carbons (Fsp3) is 0.227. The molecule has 1 aliphatic heterocycles. The maximum atomic E-state index is 13.0. The number of aromatic nitrogens is 1. The lowest BCUT2D eigenvalue weighted by Gasteiger charge is -2.23. The first kappa shape index (κ1) is 21.8. The summed E-state index contributed by atoms with van der Waals surface area (Å²) in [5, 5.41) is 7.89. The number of fused-ring (bicyclic) bond motifs is 2. The van der Waals surface area contributed by atoms with Gasteiger partial charge in [0.2, 0.25) is 18.0 Å². The van der Waals surface area contributed by atoms with Crippen molar-refractivity contribution in [3.05, 3.63) is 53.3 Å². The van der Waals surface area contributed by atoms with Crippen molar-refractivity contribution >= 4 is 41.2 Å².